The molecule has 0 aliphatic heterocycles. The Morgan fingerprint density at radius 2 is 2.12 bits per heavy atom. The van der Waals surface area contributed by atoms with Gasteiger partial charge in [-0.15, -0.1) is 0 Å². The maximum absolute atomic E-state index is 11.1. The maximum atomic E-state index is 11.1. The molecule has 1 amide bonds. The van der Waals surface area contributed by atoms with Crippen LogP contribution in [0.25, 0.3) is 0 Å². The molecule has 0 radical (unpaired) electrons. The Kier molecular flexibility index (Phi) is 4.34. The molecule has 4 nitrogen and oxygen atoms in total. The molecule has 1 aromatic heterocycles. The zero-order valence-electron chi connectivity index (χ0n) is 10.3. The molecule has 1 N–H and O–H groups in total. The molecule has 0 aromatic carbocycles. The Morgan fingerprint density at radius 3 is 2.53 bits per heavy atom. The first-order valence-electron chi connectivity index (χ1n) is 5.41. The molecule has 0 saturated carbocycles. The van der Waals surface area contributed by atoms with E-state index in [0.717, 1.165) is 5.56 Å². The van der Waals surface area contributed by atoms with E-state index in [1.54, 1.807) is 12.3 Å². The van der Waals surface area contributed by atoms with Crippen LogP contribution in [0.3, 0.4) is 0 Å². The van der Waals surface area contributed by atoms with Crippen molar-refractivity contribution < 1.29 is 9.90 Å². The van der Waals surface area contributed by atoms with Crippen molar-refractivity contribution in [2.24, 2.45) is 0 Å². The van der Waals surface area contributed by atoms with Crippen LogP contribution in [-0.2, 0) is 6.42 Å². The van der Waals surface area contributed by atoms with Gasteiger partial charge in [-0.1, -0.05) is 17.7 Å². The average Bonchev–Trinajstić information content (AvgIpc) is 2.18. The van der Waals surface area contributed by atoms with Gasteiger partial charge in [0.2, 0.25) is 0 Å². The number of halogens is 1. The fraction of sp³-hybridized carbons (Fsp3) is 0.500. The number of hydrogen-bond donors (Lipinski definition) is 1. The van der Waals surface area contributed by atoms with Gasteiger partial charge in [0.25, 0.3) is 0 Å². The summed E-state index contributed by atoms with van der Waals surface area (Å²) in [6.45, 7) is 6.08. The van der Waals surface area contributed by atoms with Crippen LogP contribution in [0.5, 0.6) is 0 Å². The molecule has 0 aliphatic carbocycles. The van der Waals surface area contributed by atoms with Gasteiger partial charge in [-0.3, -0.25) is 0 Å². The molecule has 17 heavy (non-hydrogen) atoms. The number of hydrogen-bond acceptors (Lipinski definition) is 2. The van der Waals surface area contributed by atoms with Crippen LogP contribution >= 0.6 is 11.6 Å². The Labute approximate surface area is 106 Å². The van der Waals surface area contributed by atoms with Gasteiger partial charge < -0.3 is 10.0 Å². The van der Waals surface area contributed by atoms with Gasteiger partial charge in [-0.25, -0.2) is 9.78 Å². The highest BCUT2D eigenvalue weighted by atomic mass is 35.5. The fourth-order valence-electron chi connectivity index (χ4n) is 1.51. The van der Waals surface area contributed by atoms with E-state index >= 15 is 0 Å². The van der Waals surface area contributed by atoms with E-state index in [1.807, 2.05) is 26.8 Å². The van der Waals surface area contributed by atoms with Gasteiger partial charge in [-0.05, 0) is 38.8 Å². The minimum Gasteiger partial charge on any atom is -0.465 e. The van der Waals surface area contributed by atoms with E-state index in [4.69, 9.17) is 16.7 Å². The summed E-state index contributed by atoms with van der Waals surface area (Å²) in [4.78, 5) is 16.5. The third kappa shape index (κ3) is 4.23. The number of carboxylic acid groups (broad SMARTS) is 1. The van der Waals surface area contributed by atoms with E-state index in [9.17, 15) is 4.79 Å². The van der Waals surface area contributed by atoms with Crippen LogP contribution in [0.4, 0.5) is 4.79 Å². The van der Waals surface area contributed by atoms with E-state index < -0.39 is 11.6 Å². The number of carbonyl (C=O) groups is 1. The second-order valence-electron chi connectivity index (χ2n) is 4.84. The molecule has 1 rings (SSSR count). The number of pyridine rings is 1. The number of aromatic nitrogens is 1. The van der Waals surface area contributed by atoms with Crippen LogP contribution in [0, 0.1) is 0 Å². The highest BCUT2D eigenvalue weighted by Crippen LogP contribution is 2.14. The lowest BCUT2D eigenvalue weighted by Crippen LogP contribution is -2.45. The van der Waals surface area contributed by atoms with Crippen LogP contribution in [-0.4, -0.2) is 33.2 Å². The van der Waals surface area contributed by atoms with Crippen LogP contribution in [0.2, 0.25) is 5.15 Å². The van der Waals surface area contributed by atoms with Gasteiger partial charge in [0.15, 0.2) is 0 Å². The lowest BCUT2D eigenvalue weighted by Gasteiger charge is -2.33. The standard InChI is InChI=1S/C12H17ClN2O2/c1-12(2,3)15(11(16)17)7-6-9-4-5-10(13)14-8-9/h4-5,8H,6-7H2,1-3H3,(H,16,17). The van der Waals surface area contributed by atoms with Crippen molar-refractivity contribution in [2.75, 3.05) is 6.54 Å². The van der Waals surface area contributed by atoms with Gasteiger partial charge >= 0.3 is 6.09 Å². The highest BCUT2D eigenvalue weighted by molar-refractivity contribution is 6.29. The predicted molar refractivity (Wildman–Crippen MR) is 67.4 cm³/mol. The van der Waals surface area contributed by atoms with E-state index in [-0.39, 0.29) is 0 Å². The smallest absolute Gasteiger partial charge is 0.407 e. The second kappa shape index (κ2) is 5.36. The zero-order valence-corrected chi connectivity index (χ0v) is 11.0. The Bertz CT molecular complexity index is 384. The Morgan fingerprint density at radius 1 is 1.47 bits per heavy atom. The van der Waals surface area contributed by atoms with Crippen LogP contribution in [0.1, 0.15) is 26.3 Å². The van der Waals surface area contributed by atoms with Crippen molar-refractivity contribution in [3.8, 4) is 0 Å². The summed E-state index contributed by atoms with van der Waals surface area (Å²) >= 11 is 5.68. The summed E-state index contributed by atoms with van der Waals surface area (Å²) in [6, 6.07) is 3.57. The SMILES string of the molecule is CC(C)(C)N(CCc1ccc(Cl)nc1)C(=O)O. The van der Waals surface area contributed by atoms with Crippen molar-refractivity contribution >= 4 is 17.7 Å². The van der Waals surface area contributed by atoms with Gasteiger partial charge in [0, 0.05) is 18.3 Å². The summed E-state index contributed by atoms with van der Waals surface area (Å²) in [6.07, 6.45) is 1.40. The monoisotopic (exact) mass is 256 g/mol. The predicted octanol–water partition coefficient (Wildman–Crippen LogP) is 3.06. The molecule has 0 aliphatic rings. The number of rotatable bonds is 3. The Hall–Kier alpha value is -1.29. The first kappa shape index (κ1) is 13.8. The molecule has 1 heterocycles. The minimum atomic E-state index is -0.903. The second-order valence-corrected chi connectivity index (χ2v) is 5.23. The van der Waals surface area contributed by atoms with Crippen LogP contribution in [0.15, 0.2) is 18.3 Å². The normalized spacial score (nSPS) is 11.3. The lowest BCUT2D eigenvalue weighted by molar-refractivity contribution is 0.101. The fourth-order valence-corrected chi connectivity index (χ4v) is 1.63. The summed E-state index contributed by atoms with van der Waals surface area (Å²) in [7, 11) is 0. The summed E-state index contributed by atoms with van der Waals surface area (Å²) < 4.78 is 0. The summed E-state index contributed by atoms with van der Waals surface area (Å²) in [5, 5.41) is 9.56. The van der Waals surface area contributed by atoms with Gasteiger partial charge in [0.05, 0.1) is 0 Å². The first-order valence-corrected chi connectivity index (χ1v) is 5.79. The van der Waals surface area contributed by atoms with Crippen molar-refractivity contribution in [1.29, 1.82) is 0 Å². The Balaban J connectivity index is 2.65. The average molecular weight is 257 g/mol. The van der Waals surface area contributed by atoms with E-state index in [0.29, 0.717) is 18.1 Å². The molecule has 94 valence electrons. The van der Waals surface area contributed by atoms with Gasteiger partial charge in [0.1, 0.15) is 5.15 Å². The van der Waals surface area contributed by atoms with Crippen molar-refractivity contribution in [3.05, 3.63) is 29.0 Å². The third-order valence-corrected chi connectivity index (χ3v) is 2.68. The van der Waals surface area contributed by atoms with Crippen LogP contribution < -0.4 is 0 Å². The largest absolute Gasteiger partial charge is 0.465 e. The summed E-state index contributed by atoms with van der Waals surface area (Å²) in [5.74, 6) is 0. The zero-order chi connectivity index (χ0) is 13.1. The molecule has 0 atom stereocenters. The van der Waals surface area contributed by atoms with Crippen molar-refractivity contribution in [3.63, 3.8) is 0 Å². The number of amides is 1. The topological polar surface area (TPSA) is 53.4 Å². The maximum Gasteiger partial charge on any atom is 0.407 e. The third-order valence-electron chi connectivity index (χ3n) is 2.45. The molecule has 1 aromatic rings. The molecule has 5 heteroatoms. The molecular formula is C12H17ClN2O2. The van der Waals surface area contributed by atoms with Gasteiger partial charge in [-0.2, -0.15) is 0 Å². The molecule has 0 spiro atoms. The first-order chi connectivity index (χ1) is 7.80. The molecule has 0 fully saturated rings. The minimum absolute atomic E-state index is 0.397. The van der Waals surface area contributed by atoms with Crippen molar-refractivity contribution in [1.82, 2.24) is 9.88 Å². The summed E-state index contributed by atoms with van der Waals surface area (Å²) in [5.41, 5.74) is 0.580. The quantitative estimate of drug-likeness (QED) is 0.846. The molecule has 0 unspecified atom stereocenters. The number of nitrogens with zero attached hydrogens (tertiary/aromatic N) is 2. The molecular weight excluding hydrogens is 240 g/mol. The molecule has 0 saturated heterocycles. The van der Waals surface area contributed by atoms with E-state index in [1.165, 1.54) is 4.90 Å². The highest BCUT2D eigenvalue weighted by Gasteiger charge is 2.25. The lowest BCUT2D eigenvalue weighted by atomic mass is 10.1. The van der Waals surface area contributed by atoms with Crippen molar-refractivity contribution in [2.45, 2.75) is 32.7 Å². The van der Waals surface area contributed by atoms with E-state index in [2.05, 4.69) is 4.98 Å². The molecule has 0 bridgehead atoms.